The lowest BCUT2D eigenvalue weighted by Gasteiger charge is -2.19. The van der Waals surface area contributed by atoms with E-state index in [2.05, 4.69) is 18.6 Å². The Morgan fingerprint density at radius 2 is 1.78 bits per heavy atom. The van der Waals surface area contributed by atoms with Crippen molar-refractivity contribution in [1.82, 2.24) is 4.72 Å². The largest absolute Gasteiger partial charge is 0.399 e. The van der Waals surface area contributed by atoms with Crippen LogP contribution >= 0.6 is 0 Å². The van der Waals surface area contributed by atoms with E-state index in [1.807, 2.05) is 0 Å². The molecular formula is C13H20N2O2S. The van der Waals surface area contributed by atoms with E-state index >= 15 is 0 Å². The van der Waals surface area contributed by atoms with Crippen molar-refractivity contribution in [2.45, 2.75) is 37.6 Å². The van der Waals surface area contributed by atoms with Crippen LogP contribution < -0.4 is 10.5 Å². The van der Waals surface area contributed by atoms with Gasteiger partial charge in [-0.2, -0.15) is 0 Å². The van der Waals surface area contributed by atoms with Crippen LogP contribution in [-0.4, -0.2) is 14.5 Å². The molecule has 3 atom stereocenters. The van der Waals surface area contributed by atoms with Gasteiger partial charge in [-0.05, 0) is 48.9 Å². The highest BCUT2D eigenvalue weighted by atomic mass is 32.2. The number of hydrogen-bond acceptors (Lipinski definition) is 3. The van der Waals surface area contributed by atoms with E-state index in [0.29, 0.717) is 17.5 Å². The Morgan fingerprint density at radius 3 is 2.28 bits per heavy atom. The second-order valence-electron chi connectivity index (χ2n) is 5.21. The molecule has 1 aliphatic carbocycles. The molecule has 3 N–H and O–H groups in total. The summed E-state index contributed by atoms with van der Waals surface area (Å²) in [6.45, 7) is 4.27. The zero-order valence-electron chi connectivity index (χ0n) is 10.8. The third-order valence-electron chi connectivity index (χ3n) is 3.96. The van der Waals surface area contributed by atoms with Crippen molar-refractivity contribution in [3.63, 3.8) is 0 Å². The summed E-state index contributed by atoms with van der Waals surface area (Å²) >= 11 is 0. The van der Waals surface area contributed by atoms with Crippen LogP contribution in [-0.2, 0) is 10.0 Å². The maximum atomic E-state index is 12.2. The predicted octanol–water partition coefficient (Wildman–Crippen LogP) is 1.98. The molecule has 0 aromatic heterocycles. The van der Waals surface area contributed by atoms with Crippen LogP contribution in [0.2, 0.25) is 0 Å². The standard InChI is InChI=1S/C13H20N2O2S/c1-9-3-8-13(10(9)2)15-18(16,17)12-6-4-11(14)5-7-12/h4-7,9-10,13,15H,3,8,14H2,1-2H3. The number of sulfonamides is 1. The molecule has 0 aliphatic heterocycles. The van der Waals surface area contributed by atoms with E-state index in [-0.39, 0.29) is 10.9 Å². The topological polar surface area (TPSA) is 72.2 Å². The lowest BCUT2D eigenvalue weighted by Crippen LogP contribution is -2.37. The number of hydrogen-bond donors (Lipinski definition) is 2. The molecule has 18 heavy (non-hydrogen) atoms. The zero-order valence-corrected chi connectivity index (χ0v) is 11.6. The van der Waals surface area contributed by atoms with E-state index in [4.69, 9.17) is 5.73 Å². The fourth-order valence-electron chi connectivity index (χ4n) is 2.45. The highest BCUT2D eigenvalue weighted by molar-refractivity contribution is 7.89. The smallest absolute Gasteiger partial charge is 0.240 e. The number of benzene rings is 1. The van der Waals surface area contributed by atoms with Crippen molar-refractivity contribution in [3.8, 4) is 0 Å². The summed E-state index contributed by atoms with van der Waals surface area (Å²) in [6, 6.07) is 6.34. The summed E-state index contributed by atoms with van der Waals surface area (Å²) in [5.74, 6) is 0.956. The van der Waals surface area contributed by atoms with Gasteiger partial charge in [-0.15, -0.1) is 0 Å². The van der Waals surface area contributed by atoms with Gasteiger partial charge in [0.2, 0.25) is 10.0 Å². The van der Waals surface area contributed by atoms with Crippen molar-refractivity contribution in [1.29, 1.82) is 0 Å². The fraction of sp³-hybridized carbons (Fsp3) is 0.538. The van der Waals surface area contributed by atoms with Crippen molar-refractivity contribution >= 4 is 15.7 Å². The third kappa shape index (κ3) is 2.67. The van der Waals surface area contributed by atoms with Crippen LogP contribution in [0, 0.1) is 11.8 Å². The normalized spacial score (nSPS) is 28.4. The van der Waals surface area contributed by atoms with Gasteiger partial charge < -0.3 is 5.73 Å². The zero-order chi connectivity index (χ0) is 13.3. The summed E-state index contributed by atoms with van der Waals surface area (Å²) in [4.78, 5) is 0.281. The van der Waals surface area contributed by atoms with Crippen LogP contribution in [0.25, 0.3) is 0 Å². The number of nitrogens with two attached hydrogens (primary N) is 1. The predicted molar refractivity (Wildman–Crippen MR) is 72.5 cm³/mol. The van der Waals surface area contributed by atoms with Gasteiger partial charge in [0.05, 0.1) is 4.90 Å². The summed E-state index contributed by atoms with van der Waals surface area (Å²) < 4.78 is 27.2. The van der Waals surface area contributed by atoms with E-state index in [1.165, 1.54) is 0 Å². The Hall–Kier alpha value is -1.07. The van der Waals surface area contributed by atoms with Crippen LogP contribution in [0.4, 0.5) is 5.69 Å². The maximum absolute atomic E-state index is 12.2. The molecule has 5 heteroatoms. The Balaban J connectivity index is 2.15. The second kappa shape index (κ2) is 4.90. The molecule has 0 amide bonds. The minimum Gasteiger partial charge on any atom is -0.399 e. The lowest BCUT2D eigenvalue weighted by molar-refractivity contribution is 0.402. The minimum atomic E-state index is -3.42. The Labute approximate surface area is 109 Å². The summed E-state index contributed by atoms with van der Waals surface area (Å²) in [5.41, 5.74) is 6.13. The lowest BCUT2D eigenvalue weighted by atomic mass is 9.98. The average Bonchev–Trinajstić information content (AvgIpc) is 2.61. The van der Waals surface area contributed by atoms with E-state index in [0.717, 1.165) is 12.8 Å². The molecule has 4 nitrogen and oxygen atoms in total. The van der Waals surface area contributed by atoms with Gasteiger partial charge in [-0.1, -0.05) is 13.8 Å². The van der Waals surface area contributed by atoms with Gasteiger partial charge >= 0.3 is 0 Å². The molecule has 2 rings (SSSR count). The Kier molecular flexibility index (Phi) is 3.64. The second-order valence-corrected chi connectivity index (χ2v) is 6.92. The van der Waals surface area contributed by atoms with Crippen molar-refractivity contribution in [2.24, 2.45) is 11.8 Å². The molecular weight excluding hydrogens is 248 g/mol. The molecule has 0 saturated heterocycles. The van der Waals surface area contributed by atoms with Gasteiger partial charge in [-0.3, -0.25) is 0 Å². The summed E-state index contributed by atoms with van der Waals surface area (Å²) in [5, 5.41) is 0. The number of nitrogen functional groups attached to an aromatic ring is 1. The van der Waals surface area contributed by atoms with Crippen LogP contribution in [0.3, 0.4) is 0 Å². The van der Waals surface area contributed by atoms with Gasteiger partial charge in [0.1, 0.15) is 0 Å². The maximum Gasteiger partial charge on any atom is 0.240 e. The fourth-order valence-corrected chi connectivity index (χ4v) is 3.81. The minimum absolute atomic E-state index is 0.0440. The highest BCUT2D eigenvalue weighted by Crippen LogP contribution is 2.32. The quantitative estimate of drug-likeness (QED) is 0.823. The highest BCUT2D eigenvalue weighted by Gasteiger charge is 2.32. The molecule has 0 bridgehead atoms. The molecule has 1 aromatic carbocycles. The molecule has 1 aromatic rings. The first-order valence-corrected chi connectivity index (χ1v) is 7.76. The summed E-state index contributed by atoms with van der Waals surface area (Å²) in [6.07, 6.45) is 1.99. The summed E-state index contributed by atoms with van der Waals surface area (Å²) in [7, 11) is -3.42. The van der Waals surface area contributed by atoms with Gasteiger partial charge in [0.15, 0.2) is 0 Å². The van der Waals surface area contributed by atoms with E-state index < -0.39 is 10.0 Å². The van der Waals surface area contributed by atoms with E-state index in [1.54, 1.807) is 24.3 Å². The van der Waals surface area contributed by atoms with Crippen LogP contribution in [0.1, 0.15) is 26.7 Å². The van der Waals surface area contributed by atoms with Crippen molar-refractivity contribution in [2.75, 3.05) is 5.73 Å². The monoisotopic (exact) mass is 268 g/mol. The molecule has 0 heterocycles. The molecule has 3 unspecified atom stereocenters. The van der Waals surface area contributed by atoms with Crippen molar-refractivity contribution < 1.29 is 8.42 Å². The SMILES string of the molecule is CC1CCC(NS(=O)(=O)c2ccc(N)cc2)C1C. The first-order chi connectivity index (χ1) is 8.40. The number of rotatable bonds is 3. The molecule has 0 radical (unpaired) electrons. The number of anilines is 1. The van der Waals surface area contributed by atoms with Gasteiger partial charge in [0, 0.05) is 11.7 Å². The van der Waals surface area contributed by atoms with E-state index in [9.17, 15) is 8.42 Å². The Morgan fingerprint density at radius 1 is 1.17 bits per heavy atom. The number of nitrogens with one attached hydrogen (secondary N) is 1. The average molecular weight is 268 g/mol. The first-order valence-electron chi connectivity index (χ1n) is 6.28. The van der Waals surface area contributed by atoms with Crippen molar-refractivity contribution in [3.05, 3.63) is 24.3 Å². The van der Waals surface area contributed by atoms with Gasteiger partial charge in [0.25, 0.3) is 0 Å². The molecule has 1 aliphatic rings. The molecule has 1 fully saturated rings. The molecule has 1 saturated carbocycles. The van der Waals surface area contributed by atoms with Crippen LogP contribution in [0.15, 0.2) is 29.2 Å². The molecule has 0 spiro atoms. The van der Waals surface area contributed by atoms with Gasteiger partial charge in [-0.25, -0.2) is 13.1 Å². The first kappa shape index (κ1) is 13.4. The third-order valence-corrected chi connectivity index (χ3v) is 5.47. The molecule has 100 valence electrons. The van der Waals surface area contributed by atoms with Crippen LogP contribution in [0.5, 0.6) is 0 Å². The Bertz CT molecular complexity index is 510.